The van der Waals surface area contributed by atoms with Gasteiger partial charge in [0.15, 0.2) is 5.78 Å². The number of carbonyl (C=O) groups is 1. The maximum Gasteiger partial charge on any atom is 0.161 e. The van der Waals surface area contributed by atoms with E-state index in [2.05, 4.69) is 50.1 Å². The van der Waals surface area contributed by atoms with Crippen molar-refractivity contribution in [3.05, 3.63) is 115 Å². The zero-order valence-electron chi connectivity index (χ0n) is 21.2. The summed E-state index contributed by atoms with van der Waals surface area (Å²) in [5.41, 5.74) is 13.5. The summed E-state index contributed by atoms with van der Waals surface area (Å²) in [6, 6.07) is 22.1. The van der Waals surface area contributed by atoms with Crippen molar-refractivity contribution in [2.75, 3.05) is 4.90 Å². The van der Waals surface area contributed by atoms with Crippen LogP contribution in [0, 0.1) is 25.2 Å². The van der Waals surface area contributed by atoms with Gasteiger partial charge in [-0.1, -0.05) is 49.6 Å². The molecule has 1 aliphatic heterocycles. The Morgan fingerprint density at radius 3 is 2.34 bits per heavy atom. The fourth-order valence-electron chi connectivity index (χ4n) is 5.39. The van der Waals surface area contributed by atoms with Crippen molar-refractivity contribution in [1.82, 2.24) is 0 Å². The molecule has 0 bridgehead atoms. The van der Waals surface area contributed by atoms with Crippen LogP contribution in [0.15, 0.2) is 92.3 Å². The molecule has 0 saturated carbocycles. The van der Waals surface area contributed by atoms with Crippen LogP contribution in [-0.4, -0.2) is 5.78 Å². The normalized spacial score (nSPS) is 17.4. The lowest BCUT2D eigenvalue weighted by Crippen LogP contribution is -2.39. The molecule has 2 aliphatic rings. The van der Waals surface area contributed by atoms with Crippen LogP contribution in [0.5, 0.6) is 5.75 Å². The maximum absolute atomic E-state index is 13.5. The summed E-state index contributed by atoms with van der Waals surface area (Å²) in [5, 5.41) is 10.4. The minimum Gasteiger partial charge on any atom is -0.489 e. The number of benzene rings is 3. The highest BCUT2D eigenvalue weighted by atomic mass is 79.9. The lowest BCUT2D eigenvalue weighted by atomic mass is 9.73. The van der Waals surface area contributed by atoms with Gasteiger partial charge in [-0.15, -0.1) is 0 Å². The lowest BCUT2D eigenvalue weighted by molar-refractivity contribution is -0.116. The summed E-state index contributed by atoms with van der Waals surface area (Å²) in [7, 11) is 0. The summed E-state index contributed by atoms with van der Waals surface area (Å²) in [6.07, 6.45) is 1.94. The number of nitriles is 1. The Balaban J connectivity index is 1.62. The van der Waals surface area contributed by atoms with E-state index in [0.717, 1.165) is 61.2 Å². The largest absolute Gasteiger partial charge is 0.489 e. The second kappa shape index (κ2) is 10.8. The van der Waals surface area contributed by atoms with E-state index in [1.165, 1.54) is 0 Å². The van der Waals surface area contributed by atoms with Gasteiger partial charge in [-0.05, 0) is 91.9 Å². The van der Waals surface area contributed by atoms with Gasteiger partial charge in [0.05, 0.1) is 17.6 Å². The molecule has 3 aromatic carbocycles. The number of hydrogen-bond acceptors (Lipinski definition) is 5. The van der Waals surface area contributed by atoms with E-state index in [-0.39, 0.29) is 5.78 Å². The maximum atomic E-state index is 13.5. The highest BCUT2D eigenvalue weighted by Gasteiger charge is 2.41. The number of anilines is 1. The standard InChI is InChI=1S/C31H27Br2N3O2/c1-18-14-20(17-38-24-12-8-22(33)9-13-24)19(2)25(15-18)29-26(16-34)31(35)36(23-10-6-21(32)7-11-23)27-4-3-5-28(37)30(27)29/h6-15,29H,3-5,17,35H2,1-2H3. The van der Waals surface area contributed by atoms with Crippen molar-refractivity contribution in [3.63, 3.8) is 0 Å². The van der Waals surface area contributed by atoms with Crippen molar-refractivity contribution in [2.45, 2.75) is 45.6 Å². The molecule has 3 aromatic rings. The van der Waals surface area contributed by atoms with E-state index < -0.39 is 5.92 Å². The number of Topliss-reactive ketones (excluding diaryl/α,β-unsaturated/α-hetero) is 1. The Bertz CT molecular complexity index is 1520. The number of aryl methyl sites for hydroxylation is 1. The van der Waals surface area contributed by atoms with Crippen LogP contribution in [-0.2, 0) is 11.4 Å². The van der Waals surface area contributed by atoms with Crippen molar-refractivity contribution in [3.8, 4) is 11.8 Å². The van der Waals surface area contributed by atoms with Crippen LogP contribution in [0.3, 0.4) is 0 Å². The second-order valence-electron chi connectivity index (χ2n) is 9.67. The van der Waals surface area contributed by atoms with Crippen LogP contribution in [0.2, 0.25) is 0 Å². The molecule has 1 heterocycles. The number of nitrogens with zero attached hydrogens (tertiary/aromatic N) is 2. The fraction of sp³-hybridized carbons (Fsp3) is 0.226. The Kier molecular flexibility index (Phi) is 7.47. The number of ether oxygens (including phenoxy) is 1. The van der Waals surface area contributed by atoms with Gasteiger partial charge in [0.2, 0.25) is 0 Å². The molecule has 1 atom stereocenters. The first-order chi connectivity index (χ1) is 18.3. The predicted molar refractivity (Wildman–Crippen MR) is 156 cm³/mol. The first kappa shape index (κ1) is 26.3. The third kappa shape index (κ3) is 4.91. The monoisotopic (exact) mass is 631 g/mol. The van der Waals surface area contributed by atoms with E-state index in [9.17, 15) is 10.1 Å². The van der Waals surface area contributed by atoms with Crippen molar-refractivity contribution < 1.29 is 9.53 Å². The van der Waals surface area contributed by atoms with Gasteiger partial charge in [-0.2, -0.15) is 5.26 Å². The minimum atomic E-state index is -0.513. The van der Waals surface area contributed by atoms with Gasteiger partial charge in [0.1, 0.15) is 18.2 Å². The first-order valence-electron chi connectivity index (χ1n) is 12.5. The van der Waals surface area contributed by atoms with E-state index in [0.29, 0.717) is 30.0 Å². The zero-order valence-corrected chi connectivity index (χ0v) is 24.4. The van der Waals surface area contributed by atoms with Gasteiger partial charge in [0.25, 0.3) is 0 Å². The number of carbonyl (C=O) groups excluding carboxylic acids is 1. The van der Waals surface area contributed by atoms with Gasteiger partial charge < -0.3 is 10.5 Å². The molecule has 38 heavy (non-hydrogen) atoms. The van der Waals surface area contributed by atoms with Crippen molar-refractivity contribution in [1.29, 1.82) is 5.26 Å². The molecule has 7 heteroatoms. The molecule has 2 N–H and O–H groups in total. The molecule has 0 spiro atoms. The highest BCUT2D eigenvalue weighted by Crippen LogP contribution is 2.47. The molecule has 1 aliphatic carbocycles. The third-order valence-electron chi connectivity index (χ3n) is 7.22. The Morgan fingerprint density at radius 2 is 1.68 bits per heavy atom. The van der Waals surface area contributed by atoms with Gasteiger partial charge in [-0.3, -0.25) is 9.69 Å². The number of ketones is 1. The van der Waals surface area contributed by atoms with Gasteiger partial charge in [-0.25, -0.2) is 0 Å². The minimum absolute atomic E-state index is 0.0761. The van der Waals surface area contributed by atoms with Crippen LogP contribution in [0.25, 0.3) is 0 Å². The highest BCUT2D eigenvalue weighted by molar-refractivity contribution is 9.10. The summed E-state index contributed by atoms with van der Waals surface area (Å²) < 4.78 is 8.03. The quantitative estimate of drug-likeness (QED) is 0.312. The number of hydrogen-bond donors (Lipinski definition) is 1. The average molecular weight is 633 g/mol. The summed E-state index contributed by atoms with van der Waals surface area (Å²) >= 11 is 6.94. The molecule has 0 amide bonds. The van der Waals surface area contributed by atoms with E-state index in [1.807, 2.05) is 67.3 Å². The third-order valence-corrected chi connectivity index (χ3v) is 8.27. The Labute approximate surface area is 239 Å². The zero-order chi connectivity index (χ0) is 27.0. The van der Waals surface area contributed by atoms with Crippen LogP contribution in [0.4, 0.5) is 5.69 Å². The summed E-state index contributed by atoms with van der Waals surface area (Å²) in [6.45, 7) is 4.44. The van der Waals surface area contributed by atoms with Gasteiger partial charge in [0, 0.05) is 32.3 Å². The predicted octanol–water partition coefficient (Wildman–Crippen LogP) is 7.71. The molecular formula is C31H27Br2N3O2. The molecule has 0 aromatic heterocycles. The van der Waals surface area contributed by atoms with Crippen LogP contribution >= 0.6 is 31.9 Å². The smallest absolute Gasteiger partial charge is 0.161 e. The molecule has 0 saturated heterocycles. The SMILES string of the molecule is Cc1cc(COc2ccc(Br)cc2)c(C)c(C2C(C#N)=C(N)N(c3ccc(Br)cc3)C3=C2C(=O)CCC3)c1. The number of allylic oxidation sites excluding steroid dienone is 3. The number of halogens is 2. The molecule has 192 valence electrons. The van der Waals surface area contributed by atoms with Crippen molar-refractivity contribution >= 4 is 43.3 Å². The van der Waals surface area contributed by atoms with E-state index in [1.54, 1.807) is 0 Å². The lowest BCUT2D eigenvalue weighted by Gasteiger charge is -2.40. The second-order valence-corrected chi connectivity index (χ2v) is 11.5. The summed E-state index contributed by atoms with van der Waals surface area (Å²) in [5.74, 6) is 0.711. The molecule has 5 rings (SSSR count). The molecular weight excluding hydrogens is 606 g/mol. The molecule has 1 unspecified atom stereocenters. The molecule has 0 fully saturated rings. The number of nitrogens with two attached hydrogens (primary N) is 1. The average Bonchev–Trinajstić information content (AvgIpc) is 2.90. The molecule has 5 nitrogen and oxygen atoms in total. The number of rotatable bonds is 5. The van der Waals surface area contributed by atoms with Gasteiger partial charge >= 0.3 is 0 Å². The van der Waals surface area contributed by atoms with Crippen LogP contribution in [0.1, 0.15) is 47.4 Å². The Morgan fingerprint density at radius 1 is 1.03 bits per heavy atom. The topological polar surface area (TPSA) is 79.3 Å². The Hall–Kier alpha value is -3.34. The fourth-order valence-corrected chi connectivity index (χ4v) is 5.92. The first-order valence-corrected chi connectivity index (χ1v) is 14.1. The van der Waals surface area contributed by atoms with E-state index in [4.69, 9.17) is 10.5 Å². The van der Waals surface area contributed by atoms with Crippen molar-refractivity contribution in [2.24, 2.45) is 5.73 Å². The summed E-state index contributed by atoms with van der Waals surface area (Å²) in [4.78, 5) is 15.4. The molecule has 0 radical (unpaired) electrons. The van der Waals surface area contributed by atoms with Crippen LogP contribution < -0.4 is 15.4 Å². The van der Waals surface area contributed by atoms with E-state index >= 15 is 0 Å².